The summed E-state index contributed by atoms with van der Waals surface area (Å²) in [5.74, 6) is 0.812. The molecule has 0 atom stereocenters. The lowest BCUT2D eigenvalue weighted by Gasteiger charge is -2.68. The number of nitrogens with one attached hydrogen (secondary N) is 1. The molecule has 1 amide bonds. The van der Waals surface area contributed by atoms with Crippen LogP contribution < -0.4 is 10.1 Å². The quantitative estimate of drug-likeness (QED) is 0.687. The SMILES string of the molecule is FCF.O=C(COc1ccc(Cl)c(F)c1)NC12CC(c3nnc(C4CC(O)C4)o3)(C1)C2. The van der Waals surface area contributed by atoms with Crippen LogP contribution in [0.3, 0.4) is 0 Å². The molecule has 0 aliphatic heterocycles. The summed E-state index contributed by atoms with van der Waals surface area (Å²) in [6.45, 7) is -1.94. The first-order valence-electron chi connectivity index (χ1n) is 9.81. The van der Waals surface area contributed by atoms with Crippen molar-refractivity contribution in [1.82, 2.24) is 15.5 Å². The van der Waals surface area contributed by atoms with Crippen LogP contribution in [0.2, 0.25) is 5.02 Å². The number of aromatic nitrogens is 2. The van der Waals surface area contributed by atoms with E-state index in [1.165, 1.54) is 12.1 Å². The molecule has 0 radical (unpaired) electrons. The van der Waals surface area contributed by atoms with Crippen LogP contribution in [0.1, 0.15) is 49.8 Å². The molecule has 2 aromatic rings. The van der Waals surface area contributed by atoms with Crippen LogP contribution in [-0.2, 0) is 10.2 Å². The number of carbonyl (C=O) groups is 1. The van der Waals surface area contributed by atoms with E-state index in [1.807, 2.05) is 0 Å². The van der Waals surface area contributed by atoms with Crippen LogP contribution in [0, 0.1) is 5.82 Å². The number of carbonyl (C=O) groups excluding carboxylic acids is 1. The van der Waals surface area contributed by atoms with E-state index >= 15 is 0 Å². The Labute approximate surface area is 180 Å². The summed E-state index contributed by atoms with van der Waals surface area (Å²) in [6, 6.07) is 4.06. The molecule has 0 saturated heterocycles. The van der Waals surface area contributed by atoms with Crippen molar-refractivity contribution in [2.75, 3.05) is 13.5 Å². The number of alkyl halides is 2. The van der Waals surface area contributed by atoms with Crippen LogP contribution in [0.4, 0.5) is 13.2 Å². The minimum Gasteiger partial charge on any atom is -0.484 e. The molecule has 6 rings (SSSR count). The third kappa shape index (κ3) is 4.23. The van der Waals surface area contributed by atoms with Crippen LogP contribution >= 0.6 is 11.6 Å². The van der Waals surface area contributed by atoms with E-state index in [1.54, 1.807) is 0 Å². The molecule has 168 valence electrons. The molecule has 1 aromatic heterocycles. The van der Waals surface area contributed by atoms with Gasteiger partial charge >= 0.3 is 0 Å². The number of aliphatic hydroxyl groups is 1. The van der Waals surface area contributed by atoms with Crippen LogP contribution in [0.25, 0.3) is 0 Å². The maximum Gasteiger partial charge on any atom is 0.258 e. The number of aliphatic hydroxyl groups excluding tert-OH is 1. The average molecular weight is 460 g/mol. The Bertz CT molecular complexity index is 947. The number of ether oxygens (including phenoxy) is 1. The molecule has 2 N–H and O–H groups in total. The van der Waals surface area contributed by atoms with Gasteiger partial charge in [0, 0.05) is 17.5 Å². The van der Waals surface area contributed by atoms with Crippen molar-refractivity contribution < 1.29 is 32.2 Å². The lowest BCUT2D eigenvalue weighted by atomic mass is 9.39. The standard InChI is InChI=1S/C19H19ClFN3O4.CH2F2/c20-13-2-1-12(5-14(13)21)27-6-15(26)22-19-7-18(8-19,9-19)17-24-23-16(28-17)10-3-11(25)4-10;2-1-3/h1-2,5,10-11,25H,3-4,6-9H2,(H,22,26);1H2. The number of rotatable bonds is 6. The summed E-state index contributed by atoms with van der Waals surface area (Å²) in [7, 11) is 0. The molecule has 4 aliphatic rings. The molecular weight excluding hydrogens is 439 g/mol. The van der Waals surface area contributed by atoms with Gasteiger partial charge in [-0.1, -0.05) is 11.6 Å². The number of amides is 1. The van der Waals surface area contributed by atoms with Crippen LogP contribution in [0.5, 0.6) is 5.75 Å². The molecule has 4 aliphatic carbocycles. The Balaban J connectivity index is 0.000000730. The van der Waals surface area contributed by atoms with Crippen molar-refractivity contribution in [2.45, 2.75) is 55.1 Å². The van der Waals surface area contributed by atoms with Gasteiger partial charge in [0.1, 0.15) is 11.6 Å². The smallest absolute Gasteiger partial charge is 0.258 e. The van der Waals surface area contributed by atoms with E-state index in [2.05, 4.69) is 15.5 Å². The molecule has 4 saturated carbocycles. The fraction of sp³-hybridized carbons (Fsp3) is 0.550. The van der Waals surface area contributed by atoms with E-state index < -0.39 is 12.7 Å². The highest BCUT2D eigenvalue weighted by Gasteiger charge is 2.71. The number of benzene rings is 1. The average Bonchev–Trinajstić information content (AvgIpc) is 3.12. The van der Waals surface area contributed by atoms with Gasteiger partial charge in [-0.3, -0.25) is 4.79 Å². The van der Waals surface area contributed by atoms with Gasteiger partial charge in [-0.25, -0.2) is 13.2 Å². The zero-order valence-corrected chi connectivity index (χ0v) is 17.2. The van der Waals surface area contributed by atoms with E-state index in [-0.39, 0.29) is 46.3 Å². The van der Waals surface area contributed by atoms with Crippen molar-refractivity contribution in [3.05, 3.63) is 40.8 Å². The second-order valence-electron chi connectivity index (χ2n) is 8.37. The van der Waals surface area contributed by atoms with Crippen molar-refractivity contribution in [2.24, 2.45) is 0 Å². The van der Waals surface area contributed by atoms with Crippen molar-refractivity contribution >= 4 is 17.5 Å². The highest BCUT2D eigenvalue weighted by molar-refractivity contribution is 6.30. The number of hydrogen-bond acceptors (Lipinski definition) is 6. The molecule has 0 spiro atoms. The van der Waals surface area contributed by atoms with Gasteiger partial charge in [0.2, 0.25) is 18.7 Å². The number of halogens is 4. The second-order valence-corrected chi connectivity index (χ2v) is 8.78. The van der Waals surface area contributed by atoms with Crippen LogP contribution in [-0.4, -0.2) is 46.4 Å². The summed E-state index contributed by atoms with van der Waals surface area (Å²) >= 11 is 5.62. The summed E-state index contributed by atoms with van der Waals surface area (Å²) in [5, 5.41) is 20.7. The topological polar surface area (TPSA) is 97.5 Å². The highest BCUT2D eigenvalue weighted by Crippen LogP contribution is 2.67. The molecule has 0 unspecified atom stereocenters. The first-order valence-corrected chi connectivity index (χ1v) is 10.2. The molecule has 1 aromatic carbocycles. The van der Waals surface area contributed by atoms with Crippen molar-refractivity contribution in [3.63, 3.8) is 0 Å². The molecule has 2 bridgehead atoms. The fourth-order valence-electron chi connectivity index (χ4n) is 4.60. The van der Waals surface area contributed by atoms with E-state index in [0.29, 0.717) is 24.6 Å². The Kier molecular flexibility index (Phi) is 5.87. The Morgan fingerprint density at radius 1 is 1.29 bits per heavy atom. The molecule has 1 heterocycles. The van der Waals surface area contributed by atoms with Crippen molar-refractivity contribution in [3.8, 4) is 5.75 Å². The Morgan fingerprint density at radius 3 is 2.58 bits per heavy atom. The monoisotopic (exact) mass is 459 g/mol. The Hall–Kier alpha value is -2.33. The van der Waals surface area contributed by atoms with E-state index in [4.69, 9.17) is 20.8 Å². The predicted molar refractivity (Wildman–Crippen MR) is 103 cm³/mol. The molecule has 7 nitrogen and oxygen atoms in total. The summed E-state index contributed by atoms with van der Waals surface area (Å²) in [5.41, 5.74) is -0.381. The molecular formula is C20H21ClF3N3O4. The lowest BCUT2D eigenvalue weighted by molar-refractivity contribution is -0.143. The van der Waals surface area contributed by atoms with E-state index in [0.717, 1.165) is 25.3 Å². The van der Waals surface area contributed by atoms with Gasteiger partial charge in [-0.05, 0) is 44.2 Å². The maximum atomic E-state index is 13.4. The normalized spacial score (nSPS) is 30.1. The van der Waals surface area contributed by atoms with Gasteiger partial charge in [0.25, 0.3) is 5.91 Å². The third-order valence-corrected chi connectivity index (χ3v) is 6.36. The predicted octanol–water partition coefficient (Wildman–Crippen LogP) is 3.35. The zero-order valence-electron chi connectivity index (χ0n) is 16.4. The number of hydrogen-bond donors (Lipinski definition) is 2. The van der Waals surface area contributed by atoms with Gasteiger partial charge in [0.15, 0.2) is 6.61 Å². The first kappa shape index (κ1) is 21.9. The second kappa shape index (κ2) is 8.31. The zero-order chi connectivity index (χ0) is 22.2. The van der Waals surface area contributed by atoms with Gasteiger partial charge in [0.05, 0.1) is 16.5 Å². The minimum absolute atomic E-state index is 0.00800. The van der Waals surface area contributed by atoms with Gasteiger partial charge < -0.3 is 19.6 Å². The van der Waals surface area contributed by atoms with Gasteiger partial charge in [-0.15, -0.1) is 10.2 Å². The highest BCUT2D eigenvalue weighted by atomic mass is 35.5. The first-order chi connectivity index (χ1) is 14.8. The minimum atomic E-state index is -1.75. The molecule has 4 fully saturated rings. The number of nitrogens with zero attached hydrogens (tertiary/aromatic N) is 2. The summed E-state index contributed by atoms with van der Waals surface area (Å²) in [4.78, 5) is 12.2. The largest absolute Gasteiger partial charge is 0.484 e. The van der Waals surface area contributed by atoms with E-state index in [9.17, 15) is 23.1 Å². The fourth-order valence-corrected chi connectivity index (χ4v) is 4.72. The van der Waals surface area contributed by atoms with Gasteiger partial charge in [-0.2, -0.15) is 0 Å². The summed E-state index contributed by atoms with van der Waals surface area (Å²) in [6.07, 6.45) is 3.36. The summed E-state index contributed by atoms with van der Waals surface area (Å²) < 4.78 is 43.8. The van der Waals surface area contributed by atoms with Crippen LogP contribution in [0.15, 0.2) is 22.6 Å². The molecule has 31 heavy (non-hydrogen) atoms. The lowest BCUT2D eigenvalue weighted by Crippen LogP contribution is -2.77. The Morgan fingerprint density at radius 2 is 1.97 bits per heavy atom. The molecule has 11 heteroatoms. The maximum absolute atomic E-state index is 13.4. The third-order valence-electron chi connectivity index (χ3n) is 6.05. The van der Waals surface area contributed by atoms with Crippen molar-refractivity contribution in [1.29, 1.82) is 0 Å².